The lowest BCUT2D eigenvalue weighted by Crippen LogP contribution is -2.36. The summed E-state index contributed by atoms with van der Waals surface area (Å²) in [5, 5.41) is 22.4. The molecular weight excluding hydrogens is 218 g/mol. The minimum absolute atomic E-state index is 0.125. The maximum absolute atomic E-state index is 9.74. The Balaban J connectivity index is 3.55. The summed E-state index contributed by atoms with van der Waals surface area (Å²) in [5.74, 6) is 0. The highest BCUT2D eigenvalue weighted by Gasteiger charge is 2.16. The van der Waals surface area contributed by atoms with Crippen LogP contribution in [0.4, 0.5) is 0 Å². The Morgan fingerprint density at radius 2 is 1.59 bits per heavy atom. The number of ether oxygens (including phenoxy) is 1. The van der Waals surface area contributed by atoms with Gasteiger partial charge in [0.25, 0.3) is 0 Å². The lowest BCUT2D eigenvalue weighted by Gasteiger charge is -2.23. The molecular formula is C13H29NO3. The molecule has 0 rings (SSSR count). The number of hydrogen-bond donors (Lipinski definition) is 3. The number of nitrogens with one attached hydrogen (secondary N) is 1. The topological polar surface area (TPSA) is 61.7 Å². The summed E-state index contributed by atoms with van der Waals surface area (Å²) >= 11 is 0. The lowest BCUT2D eigenvalue weighted by atomic mass is 9.89. The van der Waals surface area contributed by atoms with Gasteiger partial charge < -0.3 is 20.3 Å². The summed E-state index contributed by atoms with van der Waals surface area (Å²) in [6.45, 7) is 11.5. The van der Waals surface area contributed by atoms with E-state index in [1.165, 1.54) is 0 Å². The molecule has 0 radical (unpaired) electrons. The Morgan fingerprint density at radius 3 is 2.06 bits per heavy atom. The van der Waals surface area contributed by atoms with Crippen LogP contribution < -0.4 is 5.32 Å². The molecule has 0 aliphatic carbocycles. The number of hydrogen-bond acceptors (Lipinski definition) is 4. The molecule has 0 heterocycles. The van der Waals surface area contributed by atoms with E-state index < -0.39 is 6.10 Å². The molecule has 0 fully saturated rings. The van der Waals surface area contributed by atoms with Crippen LogP contribution in [0.15, 0.2) is 0 Å². The van der Waals surface area contributed by atoms with Gasteiger partial charge in [0.05, 0.1) is 24.9 Å². The molecule has 0 aromatic heterocycles. The van der Waals surface area contributed by atoms with Gasteiger partial charge >= 0.3 is 0 Å². The molecule has 0 saturated carbocycles. The van der Waals surface area contributed by atoms with Crippen LogP contribution in [0.1, 0.15) is 41.0 Å². The highest BCUT2D eigenvalue weighted by molar-refractivity contribution is 4.70. The molecule has 0 saturated heterocycles. The van der Waals surface area contributed by atoms with E-state index in [-0.39, 0.29) is 17.6 Å². The van der Waals surface area contributed by atoms with Crippen LogP contribution in [0.25, 0.3) is 0 Å². The van der Waals surface area contributed by atoms with Crippen LogP contribution in [0, 0.1) is 5.41 Å². The van der Waals surface area contributed by atoms with E-state index in [2.05, 4.69) is 26.1 Å². The summed E-state index contributed by atoms with van der Waals surface area (Å²) in [6.07, 6.45) is 0.00192. The molecule has 0 aliphatic rings. The van der Waals surface area contributed by atoms with Crippen molar-refractivity contribution >= 4 is 0 Å². The maximum atomic E-state index is 9.74. The fourth-order valence-corrected chi connectivity index (χ4v) is 1.56. The molecule has 17 heavy (non-hydrogen) atoms. The summed E-state index contributed by atoms with van der Waals surface area (Å²) in [7, 11) is 0. The quantitative estimate of drug-likeness (QED) is 0.602. The van der Waals surface area contributed by atoms with E-state index in [1.54, 1.807) is 0 Å². The molecule has 0 aliphatic heterocycles. The van der Waals surface area contributed by atoms with Crippen LogP contribution >= 0.6 is 0 Å². The first-order valence-electron chi connectivity index (χ1n) is 6.39. The van der Waals surface area contributed by atoms with Crippen molar-refractivity contribution in [3.8, 4) is 0 Å². The largest absolute Gasteiger partial charge is 0.392 e. The van der Waals surface area contributed by atoms with Gasteiger partial charge in [-0.05, 0) is 25.7 Å². The molecule has 4 nitrogen and oxygen atoms in total. The Kier molecular flexibility index (Phi) is 7.96. The number of aliphatic hydroxyl groups excluding tert-OH is 2. The monoisotopic (exact) mass is 247 g/mol. The molecule has 0 aromatic carbocycles. The van der Waals surface area contributed by atoms with Gasteiger partial charge in [-0.25, -0.2) is 0 Å². The Bertz CT molecular complexity index is 190. The van der Waals surface area contributed by atoms with E-state index in [9.17, 15) is 10.2 Å². The predicted octanol–water partition coefficient (Wildman–Crippen LogP) is 1.16. The zero-order chi connectivity index (χ0) is 13.5. The molecule has 2 unspecified atom stereocenters. The minimum Gasteiger partial charge on any atom is -0.392 e. The van der Waals surface area contributed by atoms with Crippen LogP contribution in [0.3, 0.4) is 0 Å². The van der Waals surface area contributed by atoms with Crippen molar-refractivity contribution in [3.05, 3.63) is 0 Å². The van der Waals surface area contributed by atoms with Gasteiger partial charge in [0, 0.05) is 13.1 Å². The highest BCUT2D eigenvalue weighted by Crippen LogP contribution is 2.20. The lowest BCUT2D eigenvalue weighted by molar-refractivity contribution is 0.00494. The Labute approximate surface area is 105 Å². The van der Waals surface area contributed by atoms with Crippen molar-refractivity contribution in [3.63, 3.8) is 0 Å². The van der Waals surface area contributed by atoms with Gasteiger partial charge in [-0.1, -0.05) is 20.8 Å². The molecule has 0 bridgehead atoms. The molecule has 0 aromatic rings. The fourth-order valence-electron chi connectivity index (χ4n) is 1.56. The van der Waals surface area contributed by atoms with Crippen LogP contribution in [0.5, 0.6) is 0 Å². The third-order valence-electron chi connectivity index (χ3n) is 2.23. The summed E-state index contributed by atoms with van der Waals surface area (Å²) in [4.78, 5) is 0. The standard InChI is InChI=1S/C13H29NO3/c1-10(2)17-9-12(16)8-14-7-11(15)6-13(3,4)5/h10-12,14-16H,6-9H2,1-5H3. The van der Waals surface area contributed by atoms with E-state index in [4.69, 9.17) is 4.74 Å². The van der Waals surface area contributed by atoms with E-state index >= 15 is 0 Å². The third kappa shape index (κ3) is 12.1. The zero-order valence-electron chi connectivity index (χ0n) is 11.9. The van der Waals surface area contributed by atoms with Crippen LogP contribution in [0.2, 0.25) is 0 Å². The summed E-state index contributed by atoms with van der Waals surface area (Å²) in [5.41, 5.74) is 0.125. The Morgan fingerprint density at radius 1 is 1.06 bits per heavy atom. The third-order valence-corrected chi connectivity index (χ3v) is 2.23. The Hall–Kier alpha value is -0.160. The molecule has 4 heteroatoms. The average Bonchev–Trinajstić information content (AvgIpc) is 2.11. The molecule has 0 spiro atoms. The van der Waals surface area contributed by atoms with Crippen molar-refractivity contribution in [2.75, 3.05) is 19.7 Å². The SMILES string of the molecule is CC(C)OCC(O)CNCC(O)CC(C)(C)C. The number of aliphatic hydroxyl groups is 2. The van der Waals surface area contributed by atoms with Gasteiger partial charge in [0.15, 0.2) is 0 Å². The van der Waals surface area contributed by atoms with Gasteiger partial charge in [-0.15, -0.1) is 0 Å². The predicted molar refractivity (Wildman–Crippen MR) is 70.0 cm³/mol. The van der Waals surface area contributed by atoms with Crippen molar-refractivity contribution in [2.24, 2.45) is 5.41 Å². The van der Waals surface area contributed by atoms with Crippen molar-refractivity contribution in [2.45, 2.75) is 59.4 Å². The van der Waals surface area contributed by atoms with E-state index in [1.807, 2.05) is 13.8 Å². The first-order valence-corrected chi connectivity index (χ1v) is 6.39. The average molecular weight is 247 g/mol. The van der Waals surface area contributed by atoms with Gasteiger partial charge in [-0.2, -0.15) is 0 Å². The number of rotatable bonds is 8. The maximum Gasteiger partial charge on any atom is 0.0897 e. The molecule has 2 atom stereocenters. The van der Waals surface area contributed by atoms with Crippen molar-refractivity contribution in [1.82, 2.24) is 5.32 Å². The second-order valence-electron chi connectivity index (χ2n) is 6.11. The van der Waals surface area contributed by atoms with E-state index in [0.717, 1.165) is 6.42 Å². The smallest absolute Gasteiger partial charge is 0.0897 e. The molecule has 0 amide bonds. The van der Waals surface area contributed by atoms with Gasteiger partial charge in [-0.3, -0.25) is 0 Å². The summed E-state index contributed by atoms with van der Waals surface area (Å²) in [6, 6.07) is 0. The second-order valence-corrected chi connectivity index (χ2v) is 6.11. The van der Waals surface area contributed by atoms with E-state index in [0.29, 0.717) is 19.7 Å². The first kappa shape index (κ1) is 16.8. The minimum atomic E-state index is -0.515. The van der Waals surface area contributed by atoms with Crippen molar-refractivity contribution in [1.29, 1.82) is 0 Å². The second kappa shape index (κ2) is 8.03. The fraction of sp³-hybridized carbons (Fsp3) is 1.00. The normalized spacial score (nSPS) is 16.2. The summed E-state index contributed by atoms with van der Waals surface area (Å²) < 4.78 is 5.29. The molecule has 104 valence electrons. The van der Waals surface area contributed by atoms with Gasteiger partial charge in [0.2, 0.25) is 0 Å². The molecule has 3 N–H and O–H groups in total. The highest BCUT2D eigenvalue weighted by atomic mass is 16.5. The first-order chi connectivity index (χ1) is 7.70. The van der Waals surface area contributed by atoms with Crippen molar-refractivity contribution < 1.29 is 14.9 Å². The van der Waals surface area contributed by atoms with Gasteiger partial charge in [0.1, 0.15) is 0 Å². The van der Waals surface area contributed by atoms with Crippen LogP contribution in [-0.4, -0.2) is 48.2 Å². The van der Waals surface area contributed by atoms with Crippen LogP contribution in [-0.2, 0) is 4.74 Å². The zero-order valence-corrected chi connectivity index (χ0v) is 11.9.